The fourth-order valence-electron chi connectivity index (χ4n) is 2.04. The molecule has 1 aliphatic heterocycles. The molecule has 0 spiro atoms. The second-order valence-corrected chi connectivity index (χ2v) is 4.92. The highest BCUT2D eigenvalue weighted by atomic mass is 15.0. The maximum absolute atomic E-state index is 3.73. The van der Waals surface area contributed by atoms with Gasteiger partial charge in [-0.25, -0.2) is 0 Å². The third kappa shape index (κ3) is 5.14. The largest absolute Gasteiger partial charge is 0.317 e. The van der Waals surface area contributed by atoms with Gasteiger partial charge in [0.25, 0.3) is 0 Å². The van der Waals surface area contributed by atoms with Crippen molar-refractivity contribution in [1.29, 1.82) is 0 Å². The average Bonchev–Trinajstić information content (AvgIpc) is 2.18. The van der Waals surface area contributed by atoms with Crippen molar-refractivity contribution < 1.29 is 0 Å². The molecule has 2 N–H and O–H groups in total. The molecule has 1 rings (SSSR count). The Morgan fingerprint density at radius 3 is 2.67 bits per heavy atom. The lowest BCUT2D eigenvalue weighted by Crippen LogP contribution is -2.49. The number of hydrogen-bond donors (Lipinski definition) is 2. The number of nitrogens with one attached hydrogen (secondary N) is 2. The SMILES string of the molecule is C=C/C=C\CC(C)(C)NC1CCNCC1. The molecular weight excluding hydrogens is 184 g/mol. The first kappa shape index (κ1) is 12.5. The van der Waals surface area contributed by atoms with Gasteiger partial charge >= 0.3 is 0 Å². The second kappa shape index (κ2) is 6.09. The number of hydrogen-bond acceptors (Lipinski definition) is 2. The van der Waals surface area contributed by atoms with Crippen molar-refractivity contribution in [2.75, 3.05) is 13.1 Å². The van der Waals surface area contributed by atoms with Gasteiger partial charge in [-0.3, -0.25) is 0 Å². The van der Waals surface area contributed by atoms with Gasteiger partial charge in [0.1, 0.15) is 0 Å². The third-order valence-electron chi connectivity index (χ3n) is 2.83. The zero-order valence-corrected chi connectivity index (χ0v) is 10.1. The van der Waals surface area contributed by atoms with E-state index in [0.29, 0.717) is 6.04 Å². The molecule has 1 heterocycles. The van der Waals surface area contributed by atoms with Crippen LogP contribution in [0.3, 0.4) is 0 Å². The van der Waals surface area contributed by atoms with Crippen LogP contribution in [0.4, 0.5) is 0 Å². The van der Waals surface area contributed by atoms with Gasteiger partial charge in [0, 0.05) is 11.6 Å². The van der Waals surface area contributed by atoms with Crippen LogP contribution in [0.5, 0.6) is 0 Å². The molecule has 0 aromatic carbocycles. The van der Waals surface area contributed by atoms with Crippen LogP contribution in [-0.2, 0) is 0 Å². The smallest absolute Gasteiger partial charge is 0.0162 e. The van der Waals surface area contributed by atoms with E-state index in [-0.39, 0.29) is 5.54 Å². The fraction of sp³-hybridized carbons (Fsp3) is 0.692. The van der Waals surface area contributed by atoms with Crippen LogP contribution < -0.4 is 10.6 Å². The lowest BCUT2D eigenvalue weighted by molar-refractivity contribution is 0.289. The van der Waals surface area contributed by atoms with Gasteiger partial charge < -0.3 is 10.6 Å². The minimum absolute atomic E-state index is 0.196. The predicted octanol–water partition coefficient (Wildman–Crippen LogP) is 2.24. The second-order valence-electron chi connectivity index (χ2n) is 4.92. The Bertz CT molecular complexity index is 213. The summed E-state index contributed by atoms with van der Waals surface area (Å²) in [6.45, 7) is 10.5. The van der Waals surface area contributed by atoms with Gasteiger partial charge in [0.15, 0.2) is 0 Å². The molecular formula is C13H24N2. The van der Waals surface area contributed by atoms with Crippen LogP contribution >= 0.6 is 0 Å². The molecule has 0 radical (unpaired) electrons. The van der Waals surface area contributed by atoms with Crippen molar-refractivity contribution in [3.63, 3.8) is 0 Å². The topological polar surface area (TPSA) is 24.1 Å². The molecule has 2 heteroatoms. The minimum atomic E-state index is 0.196. The van der Waals surface area contributed by atoms with E-state index in [4.69, 9.17) is 0 Å². The summed E-state index contributed by atoms with van der Waals surface area (Å²) in [6, 6.07) is 0.679. The van der Waals surface area contributed by atoms with E-state index in [9.17, 15) is 0 Å². The average molecular weight is 208 g/mol. The summed E-state index contributed by atoms with van der Waals surface area (Å²) in [5.41, 5.74) is 0.196. The quantitative estimate of drug-likeness (QED) is 0.677. The van der Waals surface area contributed by atoms with E-state index in [1.165, 1.54) is 12.8 Å². The van der Waals surface area contributed by atoms with E-state index >= 15 is 0 Å². The molecule has 0 unspecified atom stereocenters. The minimum Gasteiger partial charge on any atom is -0.317 e. The molecule has 0 amide bonds. The lowest BCUT2D eigenvalue weighted by Gasteiger charge is -2.33. The zero-order chi connectivity index (χ0) is 11.1. The summed E-state index contributed by atoms with van der Waals surface area (Å²) >= 11 is 0. The van der Waals surface area contributed by atoms with Crippen molar-refractivity contribution in [2.24, 2.45) is 0 Å². The van der Waals surface area contributed by atoms with Crippen LogP contribution in [-0.4, -0.2) is 24.7 Å². The third-order valence-corrected chi connectivity index (χ3v) is 2.83. The Kier molecular flexibility index (Phi) is 5.06. The summed E-state index contributed by atoms with van der Waals surface area (Å²) in [6.07, 6.45) is 9.58. The predicted molar refractivity (Wildman–Crippen MR) is 67.1 cm³/mol. The Morgan fingerprint density at radius 2 is 2.07 bits per heavy atom. The Labute approximate surface area is 93.8 Å². The van der Waals surface area contributed by atoms with E-state index in [1.54, 1.807) is 0 Å². The van der Waals surface area contributed by atoms with Crippen molar-refractivity contribution >= 4 is 0 Å². The Balaban J connectivity index is 2.32. The van der Waals surface area contributed by atoms with E-state index in [2.05, 4.69) is 37.1 Å². The summed E-state index contributed by atoms with van der Waals surface area (Å²) < 4.78 is 0. The normalized spacial score (nSPS) is 19.6. The zero-order valence-electron chi connectivity index (χ0n) is 10.1. The monoisotopic (exact) mass is 208 g/mol. The van der Waals surface area contributed by atoms with E-state index in [1.807, 2.05) is 12.2 Å². The molecule has 1 fully saturated rings. The summed E-state index contributed by atoms with van der Waals surface area (Å²) in [4.78, 5) is 0. The number of allylic oxidation sites excluding steroid dienone is 2. The molecule has 0 bridgehead atoms. The highest BCUT2D eigenvalue weighted by molar-refractivity contribution is 5.01. The Morgan fingerprint density at radius 1 is 1.40 bits per heavy atom. The fourth-order valence-corrected chi connectivity index (χ4v) is 2.04. The van der Waals surface area contributed by atoms with Gasteiger partial charge in [0.2, 0.25) is 0 Å². The summed E-state index contributed by atoms with van der Waals surface area (Å²) in [5, 5.41) is 7.11. The van der Waals surface area contributed by atoms with Crippen molar-refractivity contribution in [3.05, 3.63) is 24.8 Å². The first-order valence-electron chi connectivity index (χ1n) is 5.90. The van der Waals surface area contributed by atoms with Crippen molar-refractivity contribution in [1.82, 2.24) is 10.6 Å². The first-order valence-corrected chi connectivity index (χ1v) is 5.90. The van der Waals surface area contributed by atoms with Gasteiger partial charge in [-0.05, 0) is 46.2 Å². The highest BCUT2D eigenvalue weighted by Crippen LogP contribution is 2.14. The molecule has 0 atom stereocenters. The van der Waals surface area contributed by atoms with Crippen molar-refractivity contribution in [3.8, 4) is 0 Å². The highest BCUT2D eigenvalue weighted by Gasteiger charge is 2.21. The molecule has 0 aliphatic carbocycles. The van der Waals surface area contributed by atoms with E-state index < -0.39 is 0 Å². The maximum atomic E-state index is 3.73. The van der Waals surface area contributed by atoms with Crippen molar-refractivity contribution in [2.45, 2.75) is 44.7 Å². The van der Waals surface area contributed by atoms with Gasteiger partial charge in [-0.1, -0.05) is 24.8 Å². The molecule has 1 saturated heterocycles. The summed E-state index contributed by atoms with van der Waals surface area (Å²) in [5.74, 6) is 0. The van der Waals surface area contributed by atoms with Crippen LogP contribution in [0, 0.1) is 0 Å². The van der Waals surface area contributed by atoms with Gasteiger partial charge in [-0.2, -0.15) is 0 Å². The van der Waals surface area contributed by atoms with Gasteiger partial charge in [0.05, 0.1) is 0 Å². The van der Waals surface area contributed by atoms with Gasteiger partial charge in [-0.15, -0.1) is 0 Å². The molecule has 0 saturated carbocycles. The molecule has 2 nitrogen and oxygen atoms in total. The molecule has 0 aromatic heterocycles. The maximum Gasteiger partial charge on any atom is 0.0162 e. The summed E-state index contributed by atoms with van der Waals surface area (Å²) in [7, 11) is 0. The molecule has 86 valence electrons. The first-order chi connectivity index (χ1) is 7.14. The standard InChI is InChI=1S/C13H24N2/c1-4-5-6-9-13(2,3)15-12-7-10-14-11-8-12/h4-6,12,14-15H,1,7-11H2,2-3H3/b6-5-. The molecule has 0 aromatic rings. The number of rotatable bonds is 5. The van der Waals surface area contributed by atoms with Crippen LogP contribution in [0.25, 0.3) is 0 Å². The van der Waals surface area contributed by atoms with E-state index in [0.717, 1.165) is 19.5 Å². The Hall–Kier alpha value is -0.600. The lowest BCUT2D eigenvalue weighted by atomic mass is 9.96. The van der Waals surface area contributed by atoms with Crippen LogP contribution in [0.1, 0.15) is 33.1 Å². The molecule has 1 aliphatic rings. The van der Waals surface area contributed by atoms with Crippen LogP contribution in [0.15, 0.2) is 24.8 Å². The van der Waals surface area contributed by atoms with Crippen LogP contribution in [0.2, 0.25) is 0 Å². The molecule has 15 heavy (non-hydrogen) atoms. The number of piperidine rings is 1.